The molecule has 1 saturated heterocycles. The van der Waals surface area contributed by atoms with Crippen molar-refractivity contribution in [1.82, 2.24) is 14.0 Å². The Kier molecular flexibility index (Phi) is 6.69. The van der Waals surface area contributed by atoms with Crippen molar-refractivity contribution in [2.45, 2.75) is 45.3 Å². The van der Waals surface area contributed by atoms with Gasteiger partial charge in [-0.25, -0.2) is 9.18 Å². The highest BCUT2D eigenvalue weighted by Gasteiger charge is 2.31. The molecule has 10 heteroatoms. The summed E-state index contributed by atoms with van der Waals surface area (Å²) in [7, 11) is 0. The molecule has 0 spiro atoms. The Hall–Kier alpha value is -3.27. The Balaban J connectivity index is 2.02. The molecule has 3 rings (SSSR count). The highest BCUT2D eigenvalue weighted by Crippen LogP contribution is 2.18. The summed E-state index contributed by atoms with van der Waals surface area (Å²) in [5.74, 6) is -1.77. The fourth-order valence-corrected chi connectivity index (χ4v) is 3.95. The first-order valence-electron chi connectivity index (χ1n) is 10.2. The molecule has 1 aromatic heterocycles. The maximum Gasteiger partial charge on any atom is 0.332 e. The summed E-state index contributed by atoms with van der Waals surface area (Å²) in [5, 5.41) is 0. The van der Waals surface area contributed by atoms with Gasteiger partial charge in [0.2, 0.25) is 5.91 Å². The van der Waals surface area contributed by atoms with Gasteiger partial charge in [0, 0.05) is 6.54 Å². The number of nitrogens with two attached hydrogens (primary N) is 2. The monoisotopic (exact) mass is 431 g/mol. The quantitative estimate of drug-likeness (QED) is 0.607. The average molecular weight is 431 g/mol. The number of hydrogen-bond acceptors (Lipinski definition) is 6. The number of ketones is 1. The van der Waals surface area contributed by atoms with E-state index in [0.717, 1.165) is 22.0 Å². The van der Waals surface area contributed by atoms with Crippen LogP contribution in [0, 0.1) is 5.82 Å². The van der Waals surface area contributed by atoms with Gasteiger partial charge in [0.1, 0.15) is 17.2 Å². The second kappa shape index (κ2) is 9.25. The lowest BCUT2D eigenvalue weighted by Crippen LogP contribution is -2.51. The molecular weight excluding hydrogens is 405 g/mol. The molecule has 0 radical (unpaired) electrons. The molecule has 0 aliphatic carbocycles. The van der Waals surface area contributed by atoms with E-state index in [9.17, 15) is 23.6 Å². The molecule has 1 atom stereocenters. The van der Waals surface area contributed by atoms with E-state index in [1.54, 1.807) is 11.8 Å². The molecule has 0 unspecified atom stereocenters. The smallest absolute Gasteiger partial charge is 0.332 e. The summed E-state index contributed by atoms with van der Waals surface area (Å²) < 4.78 is 15.3. The van der Waals surface area contributed by atoms with Crippen LogP contribution in [-0.4, -0.2) is 44.9 Å². The first kappa shape index (κ1) is 22.4. The second-order valence-electron chi connectivity index (χ2n) is 7.61. The van der Waals surface area contributed by atoms with Gasteiger partial charge in [-0.2, -0.15) is 0 Å². The van der Waals surface area contributed by atoms with E-state index < -0.39 is 34.8 Å². The first-order valence-corrected chi connectivity index (χ1v) is 10.2. The van der Waals surface area contributed by atoms with Crippen molar-refractivity contribution in [2.24, 2.45) is 5.73 Å². The minimum atomic E-state index is -0.766. The van der Waals surface area contributed by atoms with Crippen LogP contribution in [0.4, 0.5) is 10.2 Å². The summed E-state index contributed by atoms with van der Waals surface area (Å²) in [6.45, 7) is 1.93. The Labute approximate surface area is 178 Å². The SMILES string of the molecule is CCn1c(=O)c(C(=O)CN2CCCC[C@@H]2C(N)=O)c(N)n(Cc2ccc(F)cc2)c1=O. The van der Waals surface area contributed by atoms with Crippen molar-refractivity contribution in [2.75, 3.05) is 18.8 Å². The Bertz CT molecular complexity index is 1110. The molecule has 166 valence electrons. The molecule has 1 aliphatic rings. The largest absolute Gasteiger partial charge is 0.384 e. The molecule has 1 amide bonds. The fraction of sp³-hybridized carbons (Fsp3) is 0.429. The minimum absolute atomic E-state index is 0.0286. The van der Waals surface area contributed by atoms with Crippen LogP contribution in [-0.2, 0) is 17.9 Å². The number of primary amides is 1. The first-order chi connectivity index (χ1) is 14.7. The third-order valence-electron chi connectivity index (χ3n) is 5.61. The zero-order valence-corrected chi connectivity index (χ0v) is 17.3. The number of Topliss-reactive ketones (excluding diaryl/α,β-unsaturated/α-hetero) is 1. The zero-order valence-electron chi connectivity index (χ0n) is 17.3. The summed E-state index contributed by atoms with van der Waals surface area (Å²) in [5.41, 5.74) is 10.5. The lowest BCUT2D eigenvalue weighted by Gasteiger charge is -2.33. The molecule has 0 saturated carbocycles. The van der Waals surface area contributed by atoms with E-state index in [-0.39, 0.29) is 31.0 Å². The highest BCUT2D eigenvalue weighted by molar-refractivity contribution is 6.01. The van der Waals surface area contributed by atoms with Crippen molar-refractivity contribution in [3.05, 3.63) is 62.0 Å². The third-order valence-corrected chi connectivity index (χ3v) is 5.61. The fourth-order valence-electron chi connectivity index (χ4n) is 3.95. The molecule has 1 aromatic carbocycles. The molecule has 9 nitrogen and oxygen atoms in total. The number of nitrogen functional groups attached to an aromatic ring is 1. The third kappa shape index (κ3) is 4.58. The Morgan fingerprint density at radius 2 is 1.81 bits per heavy atom. The molecule has 31 heavy (non-hydrogen) atoms. The van der Waals surface area contributed by atoms with E-state index in [0.29, 0.717) is 18.5 Å². The molecule has 2 heterocycles. The molecule has 1 aliphatic heterocycles. The summed E-state index contributed by atoms with van der Waals surface area (Å²) >= 11 is 0. The molecule has 2 aromatic rings. The van der Waals surface area contributed by atoms with Crippen molar-refractivity contribution in [1.29, 1.82) is 0 Å². The van der Waals surface area contributed by atoms with Crippen molar-refractivity contribution >= 4 is 17.5 Å². The number of halogens is 1. The number of aromatic nitrogens is 2. The van der Waals surface area contributed by atoms with Crippen molar-refractivity contribution in [3.8, 4) is 0 Å². The van der Waals surface area contributed by atoms with Crippen LogP contribution in [0.2, 0.25) is 0 Å². The number of amides is 1. The molecule has 0 bridgehead atoms. The number of likely N-dealkylation sites (tertiary alicyclic amines) is 1. The Morgan fingerprint density at radius 1 is 1.13 bits per heavy atom. The average Bonchev–Trinajstić information content (AvgIpc) is 2.73. The maximum absolute atomic E-state index is 13.2. The van der Waals surface area contributed by atoms with Crippen molar-refractivity contribution < 1.29 is 14.0 Å². The number of piperidine rings is 1. The van der Waals surface area contributed by atoms with E-state index in [1.807, 2.05) is 0 Å². The van der Waals surface area contributed by atoms with Crippen LogP contribution in [0.1, 0.15) is 42.1 Å². The van der Waals surface area contributed by atoms with Crippen LogP contribution in [0.15, 0.2) is 33.9 Å². The van der Waals surface area contributed by atoms with Gasteiger partial charge in [0.05, 0.1) is 19.1 Å². The van der Waals surface area contributed by atoms with Crippen LogP contribution < -0.4 is 22.7 Å². The normalized spacial score (nSPS) is 16.9. The second-order valence-corrected chi connectivity index (χ2v) is 7.61. The minimum Gasteiger partial charge on any atom is -0.384 e. The number of benzene rings is 1. The predicted molar refractivity (Wildman–Crippen MR) is 113 cm³/mol. The van der Waals surface area contributed by atoms with Gasteiger partial charge < -0.3 is 11.5 Å². The Morgan fingerprint density at radius 3 is 2.42 bits per heavy atom. The van der Waals surface area contributed by atoms with E-state index in [4.69, 9.17) is 11.5 Å². The van der Waals surface area contributed by atoms with Gasteiger partial charge >= 0.3 is 5.69 Å². The van der Waals surface area contributed by atoms with E-state index in [1.165, 1.54) is 24.3 Å². The van der Waals surface area contributed by atoms with E-state index in [2.05, 4.69) is 0 Å². The van der Waals surface area contributed by atoms with Crippen molar-refractivity contribution in [3.63, 3.8) is 0 Å². The molecule has 4 N–H and O–H groups in total. The van der Waals surface area contributed by atoms with Gasteiger partial charge in [0.25, 0.3) is 5.56 Å². The van der Waals surface area contributed by atoms with Crippen LogP contribution in [0.25, 0.3) is 0 Å². The van der Waals surface area contributed by atoms with Gasteiger partial charge in [-0.05, 0) is 44.0 Å². The van der Waals surface area contributed by atoms with E-state index >= 15 is 0 Å². The predicted octanol–water partition coefficient (Wildman–Crippen LogP) is 0.322. The number of hydrogen-bond donors (Lipinski definition) is 2. The topological polar surface area (TPSA) is 133 Å². The van der Waals surface area contributed by atoms with Crippen LogP contribution in [0.3, 0.4) is 0 Å². The summed E-state index contributed by atoms with van der Waals surface area (Å²) in [4.78, 5) is 52.2. The number of carbonyl (C=O) groups is 2. The zero-order chi connectivity index (χ0) is 22.7. The molecular formula is C21H26FN5O4. The van der Waals surface area contributed by atoms with Crippen LogP contribution >= 0.6 is 0 Å². The maximum atomic E-state index is 13.2. The number of nitrogens with zero attached hydrogens (tertiary/aromatic N) is 3. The molecule has 1 fully saturated rings. The summed E-state index contributed by atoms with van der Waals surface area (Å²) in [6, 6.07) is 4.90. The lowest BCUT2D eigenvalue weighted by molar-refractivity contribution is -0.124. The van der Waals surface area contributed by atoms with Gasteiger partial charge in [0.15, 0.2) is 5.78 Å². The standard InChI is InChI=1S/C21H26FN5O4/c1-2-26-20(30)17(16(28)12-25-10-4-3-5-15(25)19(24)29)18(23)27(21(26)31)11-13-6-8-14(22)9-7-13/h6-9,15H,2-5,10-12,23H2,1H3,(H2,24,29)/t15-/m1/s1. The van der Waals surface area contributed by atoms with Gasteiger partial charge in [-0.3, -0.25) is 28.4 Å². The van der Waals surface area contributed by atoms with Gasteiger partial charge in [-0.1, -0.05) is 18.6 Å². The number of anilines is 1. The summed E-state index contributed by atoms with van der Waals surface area (Å²) in [6.07, 6.45) is 2.17. The number of rotatable bonds is 7. The highest BCUT2D eigenvalue weighted by atomic mass is 19.1. The van der Waals surface area contributed by atoms with Gasteiger partial charge in [-0.15, -0.1) is 0 Å². The number of carbonyl (C=O) groups excluding carboxylic acids is 2. The van der Waals surface area contributed by atoms with Crippen LogP contribution in [0.5, 0.6) is 0 Å². The lowest BCUT2D eigenvalue weighted by atomic mass is 10.0.